The number of hydrogen-bond donors (Lipinski definition) is 2. The molecule has 3 aliphatic rings. The summed E-state index contributed by atoms with van der Waals surface area (Å²) in [6.07, 6.45) is 3.92. The van der Waals surface area contributed by atoms with E-state index >= 15 is 8.78 Å². The average molecular weight is 753 g/mol. The lowest BCUT2D eigenvalue weighted by atomic mass is 9.77. The quantitative estimate of drug-likeness (QED) is 0.115. The highest BCUT2D eigenvalue weighted by molar-refractivity contribution is 6.34. The number of nitrogens with one attached hydrogen (secondary N) is 2. The zero-order chi connectivity index (χ0) is 38.1. The molecule has 0 saturated carbocycles. The summed E-state index contributed by atoms with van der Waals surface area (Å²) < 4.78 is 43.4. The number of nitriles is 1. The van der Waals surface area contributed by atoms with Crippen LogP contribution in [-0.4, -0.2) is 48.9 Å². The number of amides is 3. The number of halogens is 3. The number of hydrogen-bond acceptors (Lipinski definition) is 7. The highest BCUT2D eigenvalue weighted by Crippen LogP contribution is 2.56. The Morgan fingerprint density at radius 3 is 2.59 bits per heavy atom. The third kappa shape index (κ3) is 6.48. The summed E-state index contributed by atoms with van der Waals surface area (Å²) in [5, 5.41) is 15.6. The molecule has 1 fully saturated rings. The topological polar surface area (TPSA) is 121 Å². The SMILES string of the molecule is COc1ccc(C#N)c(-c2c(Cl)c(F)cc3c2[C@H](C)[C@@](CNCCCCCc2cccc4c2CN([C@H]2CCC(=O)NC2=O)C4=O)(c2ccccc2)O3)c1F. The highest BCUT2D eigenvalue weighted by Gasteiger charge is 2.50. The fourth-order valence-electron chi connectivity index (χ4n) is 8.17. The first-order valence-corrected chi connectivity index (χ1v) is 18.5. The van der Waals surface area contributed by atoms with E-state index in [0.717, 1.165) is 42.4 Å². The Morgan fingerprint density at radius 1 is 1.06 bits per heavy atom. The van der Waals surface area contributed by atoms with Crippen molar-refractivity contribution in [3.63, 3.8) is 0 Å². The molecule has 278 valence electrons. The molecule has 0 spiro atoms. The number of fused-ring (bicyclic) bond motifs is 2. The van der Waals surface area contributed by atoms with Gasteiger partial charge in [0.1, 0.15) is 17.6 Å². The van der Waals surface area contributed by atoms with E-state index in [-0.39, 0.29) is 51.4 Å². The van der Waals surface area contributed by atoms with Gasteiger partial charge in [0.25, 0.3) is 5.91 Å². The van der Waals surface area contributed by atoms with Crippen molar-refractivity contribution in [3.8, 4) is 28.7 Å². The summed E-state index contributed by atoms with van der Waals surface area (Å²) in [7, 11) is 1.32. The molecule has 1 saturated heterocycles. The van der Waals surface area contributed by atoms with Crippen LogP contribution in [0.1, 0.15) is 83.1 Å². The van der Waals surface area contributed by atoms with E-state index in [4.69, 9.17) is 21.1 Å². The van der Waals surface area contributed by atoms with Gasteiger partial charge in [-0.05, 0) is 67.1 Å². The number of piperidine rings is 1. The number of unbranched alkanes of at least 4 members (excludes halogenated alkanes) is 2. The Balaban J connectivity index is 1.04. The third-order valence-electron chi connectivity index (χ3n) is 11.0. The van der Waals surface area contributed by atoms with Crippen LogP contribution in [0.2, 0.25) is 5.02 Å². The summed E-state index contributed by atoms with van der Waals surface area (Å²) in [6, 6.07) is 20.7. The van der Waals surface area contributed by atoms with Gasteiger partial charge >= 0.3 is 0 Å². The van der Waals surface area contributed by atoms with E-state index in [0.29, 0.717) is 37.2 Å². The van der Waals surface area contributed by atoms with Gasteiger partial charge in [0.15, 0.2) is 17.2 Å². The predicted octanol–water partition coefficient (Wildman–Crippen LogP) is 7.32. The molecule has 9 nitrogen and oxygen atoms in total. The molecule has 3 aliphatic heterocycles. The lowest BCUT2D eigenvalue weighted by Gasteiger charge is -2.34. The van der Waals surface area contributed by atoms with Crippen LogP contribution in [0.3, 0.4) is 0 Å². The molecule has 3 amide bonds. The first kappa shape index (κ1) is 37.0. The summed E-state index contributed by atoms with van der Waals surface area (Å²) in [5.41, 5.74) is 2.88. The standard InChI is InChI=1S/C42H39ClF2N4O5/c1-24-35-33(20-30(44)38(43)37(35)36-26(21-46)15-17-32(53-2)39(36)45)54-42(24,27-12-6-3-7-13-27)23-47-19-8-4-5-10-25-11-9-14-28-29(25)22-49(41(28)52)31-16-18-34(50)48-40(31)51/h3,6-7,9,11-15,17,20,24,31,47H,4-5,8,10,16,18-19,22-23H2,1-2H3,(H,48,50,51)/t24-,31-,42-/m0/s1. The monoisotopic (exact) mass is 752 g/mol. The summed E-state index contributed by atoms with van der Waals surface area (Å²) in [6.45, 7) is 3.29. The van der Waals surface area contributed by atoms with E-state index in [1.54, 1.807) is 11.0 Å². The molecule has 7 rings (SSSR count). The third-order valence-corrected chi connectivity index (χ3v) is 11.3. The van der Waals surface area contributed by atoms with Gasteiger partial charge in [-0.1, -0.05) is 67.4 Å². The second-order valence-corrected chi connectivity index (χ2v) is 14.4. The van der Waals surface area contributed by atoms with Crippen LogP contribution in [0.15, 0.2) is 66.7 Å². The fourth-order valence-corrected chi connectivity index (χ4v) is 8.42. The predicted molar refractivity (Wildman–Crippen MR) is 198 cm³/mol. The molecular formula is C42H39ClF2N4O5. The molecule has 3 heterocycles. The summed E-state index contributed by atoms with van der Waals surface area (Å²) in [4.78, 5) is 39.0. The van der Waals surface area contributed by atoms with Crippen LogP contribution < -0.4 is 20.1 Å². The minimum atomic E-state index is -1.01. The molecule has 0 radical (unpaired) electrons. The van der Waals surface area contributed by atoms with Crippen molar-refractivity contribution < 1.29 is 32.6 Å². The zero-order valence-electron chi connectivity index (χ0n) is 29.9. The molecular weight excluding hydrogens is 714 g/mol. The number of aryl methyl sites for hydroxylation is 1. The number of carbonyl (C=O) groups excluding carboxylic acids is 3. The fraction of sp³-hybridized carbons (Fsp3) is 0.333. The Kier molecular flexibility index (Phi) is 10.4. The molecule has 12 heteroatoms. The molecule has 4 aromatic rings. The maximum absolute atomic E-state index is 15.9. The number of imide groups is 1. The number of ether oxygens (including phenoxy) is 2. The van der Waals surface area contributed by atoms with Crippen molar-refractivity contribution in [1.82, 2.24) is 15.5 Å². The van der Waals surface area contributed by atoms with Crippen LogP contribution >= 0.6 is 11.6 Å². The van der Waals surface area contributed by atoms with Crippen LogP contribution in [-0.2, 0) is 28.2 Å². The number of benzene rings is 4. The molecule has 4 aromatic carbocycles. The molecule has 0 aromatic heterocycles. The van der Waals surface area contributed by atoms with Gasteiger partial charge in [-0.2, -0.15) is 5.26 Å². The minimum Gasteiger partial charge on any atom is -0.494 e. The number of methoxy groups -OCH3 is 1. The van der Waals surface area contributed by atoms with E-state index in [2.05, 4.69) is 10.6 Å². The van der Waals surface area contributed by atoms with Crippen molar-refractivity contribution in [2.24, 2.45) is 0 Å². The van der Waals surface area contributed by atoms with Gasteiger partial charge in [0, 0.05) is 53.7 Å². The summed E-state index contributed by atoms with van der Waals surface area (Å²) in [5.74, 6) is -2.85. The lowest BCUT2D eigenvalue weighted by molar-refractivity contribution is -0.136. The maximum atomic E-state index is 15.9. The Bertz CT molecular complexity index is 2190. The number of rotatable bonds is 12. The first-order valence-electron chi connectivity index (χ1n) is 18.1. The van der Waals surface area contributed by atoms with Crippen LogP contribution in [0.4, 0.5) is 8.78 Å². The molecule has 3 atom stereocenters. The Morgan fingerprint density at radius 2 is 1.85 bits per heavy atom. The smallest absolute Gasteiger partial charge is 0.255 e. The molecule has 0 bridgehead atoms. The van der Waals surface area contributed by atoms with Crippen molar-refractivity contribution in [2.45, 2.75) is 69.6 Å². The van der Waals surface area contributed by atoms with Crippen LogP contribution in [0.5, 0.6) is 11.5 Å². The first-order chi connectivity index (χ1) is 26.1. The van der Waals surface area contributed by atoms with Gasteiger partial charge in [-0.3, -0.25) is 19.7 Å². The zero-order valence-corrected chi connectivity index (χ0v) is 30.7. The number of nitrogens with zero attached hydrogens (tertiary/aromatic N) is 2. The van der Waals surface area contributed by atoms with Crippen molar-refractivity contribution in [1.29, 1.82) is 5.26 Å². The maximum Gasteiger partial charge on any atom is 0.255 e. The van der Waals surface area contributed by atoms with E-state index in [1.807, 2.05) is 55.5 Å². The normalized spacial score (nSPS) is 20.3. The van der Waals surface area contributed by atoms with E-state index < -0.39 is 35.1 Å². The number of carbonyl (C=O) groups is 3. The highest BCUT2D eigenvalue weighted by atomic mass is 35.5. The summed E-state index contributed by atoms with van der Waals surface area (Å²) >= 11 is 6.61. The molecule has 0 aliphatic carbocycles. The van der Waals surface area contributed by atoms with E-state index in [1.165, 1.54) is 25.3 Å². The lowest BCUT2D eigenvalue weighted by Crippen LogP contribution is -2.52. The van der Waals surface area contributed by atoms with Crippen molar-refractivity contribution in [2.75, 3.05) is 20.2 Å². The Labute approximate surface area is 317 Å². The second kappa shape index (κ2) is 15.2. The largest absolute Gasteiger partial charge is 0.494 e. The van der Waals surface area contributed by atoms with Crippen LogP contribution in [0, 0.1) is 23.0 Å². The van der Waals surface area contributed by atoms with Gasteiger partial charge in [-0.25, -0.2) is 8.78 Å². The van der Waals surface area contributed by atoms with E-state index in [9.17, 15) is 19.6 Å². The average Bonchev–Trinajstić information content (AvgIpc) is 3.65. The van der Waals surface area contributed by atoms with Crippen LogP contribution in [0.25, 0.3) is 11.1 Å². The van der Waals surface area contributed by atoms with Crippen molar-refractivity contribution in [3.05, 3.63) is 117 Å². The molecule has 0 unspecified atom stereocenters. The van der Waals surface area contributed by atoms with Gasteiger partial charge in [0.05, 0.1) is 23.8 Å². The second-order valence-electron chi connectivity index (χ2n) is 14.0. The molecule has 54 heavy (non-hydrogen) atoms. The minimum absolute atomic E-state index is 0.00997. The van der Waals surface area contributed by atoms with Gasteiger partial charge in [0.2, 0.25) is 11.8 Å². The van der Waals surface area contributed by atoms with Gasteiger partial charge in [-0.15, -0.1) is 0 Å². The molecule has 2 N–H and O–H groups in total. The Hall–Kier alpha value is -5.31. The van der Waals surface area contributed by atoms with Gasteiger partial charge < -0.3 is 19.7 Å². The van der Waals surface area contributed by atoms with Crippen molar-refractivity contribution >= 4 is 29.3 Å².